The van der Waals surface area contributed by atoms with Crippen LogP contribution in [0, 0.1) is 5.92 Å². The van der Waals surface area contributed by atoms with Gasteiger partial charge in [0.1, 0.15) is 5.75 Å². The summed E-state index contributed by atoms with van der Waals surface area (Å²) in [5.74, 6) is 1.08. The van der Waals surface area contributed by atoms with Crippen LogP contribution >= 0.6 is 0 Å². The van der Waals surface area contributed by atoms with Gasteiger partial charge in [0.25, 0.3) is 0 Å². The highest BCUT2D eigenvalue weighted by molar-refractivity contribution is 5.83. The van der Waals surface area contributed by atoms with Crippen molar-refractivity contribution in [2.75, 3.05) is 36.5 Å². The van der Waals surface area contributed by atoms with Crippen molar-refractivity contribution >= 4 is 17.3 Å². The molecule has 0 unspecified atom stereocenters. The molecule has 1 N–H and O–H groups in total. The van der Waals surface area contributed by atoms with E-state index in [0.29, 0.717) is 6.04 Å². The molecule has 2 fully saturated rings. The van der Waals surface area contributed by atoms with Gasteiger partial charge in [0.15, 0.2) is 0 Å². The zero-order chi connectivity index (χ0) is 19.1. The third-order valence-corrected chi connectivity index (χ3v) is 6.30. The first-order valence-electron chi connectivity index (χ1n) is 10.3. The Morgan fingerprint density at radius 2 is 1.96 bits per heavy atom. The number of methoxy groups -OCH3 is 1. The lowest BCUT2D eigenvalue weighted by Gasteiger charge is -2.49. The molecule has 2 aromatic rings. The van der Waals surface area contributed by atoms with Crippen molar-refractivity contribution in [3.63, 3.8) is 0 Å². The van der Waals surface area contributed by atoms with E-state index in [1.165, 1.54) is 16.9 Å². The maximum Gasteiger partial charge on any atom is 0.225 e. The maximum atomic E-state index is 13.1. The first-order valence-corrected chi connectivity index (χ1v) is 10.3. The Balaban J connectivity index is 1.44. The lowest BCUT2D eigenvalue weighted by molar-refractivity contribution is -0.126. The summed E-state index contributed by atoms with van der Waals surface area (Å²) in [6.07, 6.45) is 3.07. The SMILES string of the molecule is COc1cccc(N2CCN3c4ccccc4C[C@H](C(=O)NC4CC4)[C@H]3C2)c1. The molecule has 5 rings (SSSR count). The van der Waals surface area contributed by atoms with E-state index < -0.39 is 0 Å². The standard InChI is InChI=1S/C23H27N3O2/c1-28-19-7-4-6-18(14-19)25-11-12-26-21-8-3-2-5-16(21)13-20(22(26)15-25)23(27)24-17-9-10-17/h2-8,14,17,20,22H,9-13,15H2,1H3,(H,24,27)/t20-,22+/m0/s1. The number of benzene rings is 2. The zero-order valence-corrected chi connectivity index (χ0v) is 16.3. The number of piperazine rings is 1. The van der Waals surface area contributed by atoms with Crippen molar-refractivity contribution in [1.82, 2.24) is 5.32 Å². The molecule has 1 amide bonds. The summed E-state index contributed by atoms with van der Waals surface area (Å²) in [6, 6.07) is 17.4. The molecule has 0 bridgehead atoms. The Kier molecular flexibility index (Phi) is 4.38. The van der Waals surface area contributed by atoms with Gasteiger partial charge < -0.3 is 19.9 Å². The molecule has 1 saturated heterocycles. The molecule has 1 aliphatic carbocycles. The topological polar surface area (TPSA) is 44.8 Å². The number of fused-ring (bicyclic) bond motifs is 3. The predicted molar refractivity (Wildman–Crippen MR) is 111 cm³/mol. The van der Waals surface area contributed by atoms with Crippen molar-refractivity contribution < 1.29 is 9.53 Å². The third-order valence-electron chi connectivity index (χ3n) is 6.30. The van der Waals surface area contributed by atoms with Crippen LogP contribution in [0.25, 0.3) is 0 Å². The second-order valence-corrected chi connectivity index (χ2v) is 8.13. The summed E-state index contributed by atoms with van der Waals surface area (Å²) in [4.78, 5) is 17.9. The Bertz CT molecular complexity index is 880. The number of nitrogens with zero attached hydrogens (tertiary/aromatic N) is 2. The lowest BCUT2D eigenvalue weighted by Crippen LogP contribution is -2.61. The summed E-state index contributed by atoms with van der Waals surface area (Å²) in [7, 11) is 1.70. The summed E-state index contributed by atoms with van der Waals surface area (Å²) in [6.45, 7) is 2.71. The van der Waals surface area contributed by atoms with E-state index in [-0.39, 0.29) is 17.9 Å². The van der Waals surface area contributed by atoms with Crippen LogP contribution < -0.4 is 19.9 Å². The molecule has 2 heterocycles. The third kappa shape index (κ3) is 3.19. The van der Waals surface area contributed by atoms with Gasteiger partial charge in [-0.2, -0.15) is 0 Å². The van der Waals surface area contributed by atoms with Crippen molar-refractivity contribution in [3.05, 3.63) is 54.1 Å². The largest absolute Gasteiger partial charge is 0.497 e. The Morgan fingerprint density at radius 1 is 1.11 bits per heavy atom. The fourth-order valence-corrected chi connectivity index (χ4v) is 4.64. The van der Waals surface area contributed by atoms with Gasteiger partial charge in [-0.25, -0.2) is 0 Å². The zero-order valence-electron chi connectivity index (χ0n) is 16.3. The van der Waals surface area contributed by atoms with E-state index in [4.69, 9.17) is 4.74 Å². The van der Waals surface area contributed by atoms with E-state index in [0.717, 1.165) is 44.6 Å². The normalized spacial score (nSPS) is 23.6. The van der Waals surface area contributed by atoms with E-state index in [1.54, 1.807) is 7.11 Å². The highest BCUT2D eigenvalue weighted by Crippen LogP contribution is 2.37. The molecule has 3 aliphatic rings. The molecule has 5 heteroatoms. The van der Waals surface area contributed by atoms with Gasteiger partial charge in [0, 0.05) is 43.1 Å². The Labute approximate surface area is 166 Å². The monoisotopic (exact) mass is 377 g/mol. The molecule has 28 heavy (non-hydrogen) atoms. The first kappa shape index (κ1) is 17.4. The van der Waals surface area contributed by atoms with Crippen molar-refractivity contribution in [1.29, 1.82) is 0 Å². The summed E-state index contributed by atoms with van der Waals surface area (Å²) in [5.41, 5.74) is 3.76. The van der Waals surface area contributed by atoms with Gasteiger partial charge in [-0.1, -0.05) is 24.3 Å². The molecule has 0 spiro atoms. The number of amides is 1. The number of para-hydroxylation sites is 1. The molecule has 2 atom stereocenters. The first-order chi connectivity index (χ1) is 13.7. The van der Waals surface area contributed by atoms with Gasteiger partial charge in [0.05, 0.1) is 19.1 Å². The van der Waals surface area contributed by atoms with E-state index in [9.17, 15) is 4.79 Å². The molecule has 0 aromatic heterocycles. The fourth-order valence-electron chi connectivity index (χ4n) is 4.64. The Morgan fingerprint density at radius 3 is 2.79 bits per heavy atom. The number of rotatable bonds is 4. The van der Waals surface area contributed by atoms with Gasteiger partial charge in [-0.3, -0.25) is 4.79 Å². The molecule has 0 radical (unpaired) electrons. The predicted octanol–water partition coefficient (Wildman–Crippen LogP) is 2.84. The second-order valence-electron chi connectivity index (χ2n) is 8.13. The summed E-state index contributed by atoms with van der Waals surface area (Å²) < 4.78 is 5.41. The average molecular weight is 377 g/mol. The van der Waals surface area contributed by atoms with Crippen molar-refractivity contribution in [2.24, 2.45) is 5.92 Å². The van der Waals surface area contributed by atoms with Crippen LogP contribution in [0.1, 0.15) is 18.4 Å². The number of hydrogen-bond acceptors (Lipinski definition) is 4. The minimum Gasteiger partial charge on any atom is -0.497 e. The van der Waals surface area contributed by atoms with Gasteiger partial charge in [-0.15, -0.1) is 0 Å². The molecule has 1 saturated carbocycles. The van der Waals surface area contributed by atoms with Crippen LogP contribution in [0.4, 0.5) is 11.4 Å². The molecular weight excluding hydrogens is 350 g/mol. The van der Waals surface area contributed by atoms with Crippen LogP contribution in [0.5, 0.6) is 5.75 Å². The van der Waals surface area contributed by atoms with E-state index >= 15 is 0 Å². The van der Waals surface area contributed by atoms with Crippen LogP contribution in [-0.4, -0.2) is 44.7 Å². The molecule has 5 nitrogen and oxygen atoms in total. The number of carbonyl (C=O) groups is 1. The van der Waals surface area contributed by atoms with Gasteiger partial charge in [0.2, 0.25) is 5.91 Å². The minimum absolute atomic E-state index is 0.0103. The fraction of sp³-hybridized carbons (Fsp3) is 0.435. The highest BCUT2D eigenvalue weighted by atomic mass is 16.5. The van der Waals surface area contributed by atoms with Crippen molar-refractivity contribution in [3.8, 4) is 5.75 Å². The summed E-state index contributed by atoms with van der Waals surface area (Å²) in [5, 5.41) is 3.26. The second kappa shape index (κ2) is 7.04. The smallest absolute Gasteiger partial charge is 0.225 e. The number of carbonyl (C=O) groups excluding carboxylic acids is 1. The number of nitrogens with one attached hydrogen (secondary N) is 1. The number of hydrogen-bond donors (Lipinski definition) is 1. The molecule has 2 aliphatic heterocycles. The molecular formula is C23H27N3O2. The number of ether oxygens (including phenoxy) is 1. The van der Waals surface area contributed by atoms with Crippen LogP contribution in [0.3, 0.4) is 0 Å². The quantitative estimate of drug-likeness (QED) is 0.890. The number of anilines is 2. The van der Waals surface area contributed by atoms with E-state index in [1.807, 2.05) is 12.1 Å². The average Bonchev–Trinajstić information content (AvgIpc) is 3.56. The van der Waals surface area contributed by atoms with Crippen LogP contribution in [0.15, 0.2) is 48.5 Å². The van der Waals surface area contributed by atoms with Crippen LogP contribution in [-0.2, 0) is 11.2 Å². The van der Waals surface area contributed by atoms with E-state index in [2.05, 4.69) is 51.5 Å². The highest BCUT2D eigenvalue weighted by Gasteiger charge is 2.42. The molecule has 2 aromatic carbocycles. The van der Waals surface area contributed by atoms with Crippen LogP contribution in [0.2, 0.25) is 0 Å². The molecule has 146 valence electrons. The maximum absolute atomic E-state index is 13.1. The lowest BCUT2D eigenvalue weighted by atomic mass is 9.83. The minimum atomic E-state index is -0.0103. The van der Waals surface area contributed by atoms with Gasteiger partial charge in [-0.05, 0) is 43.0 Å². The summed E-state index contributed by atoms with van der Waals surface area (Å²) >= 11 is 0. The van der Waals surface area contributed by atoms with Gasteiger partial charge >= 0.3 is 0 Å². The Hall–Kier alpha value is -2.69. The van der Waals surface area contributed by atoms with Crippen molar-refractivity contribution in [2.45, 2.75) is 31.3 Å².